The number of non-ortho nitro benzene ring substituents is 1. The van der Waals surface area contributed by atoms with Crippen LogP contribution in [0.15, 0.2) is 45.9 Å². The van der Waals surface area contributed by atoms with E-state index in [9.17, 15) is 18.5 Å². The van der Waals surface area contributed by atoms with Gasteiger partial charge in [0.05, 0.1) is 28.3 Å². The minimum atomic E-state index is -4.20. The number of nitro groups is 1. The highest BCUT2D eigenvalue weighted by Crippen LogP contribution is 2.25. The fourth-order valence-corrected chi connectivity index (χ4v) is 2.78. The molecule has 0 radical (unpaired) electrons. The first-order valence-corrected chi connectivity index (χ1v) is 7.68. The largest absolute Gasteiger partial charge is 0.379 e. The number of pyridine rings is 1. The summed E-state index contributed by atoms with van der Waals surface area (Å²) in [5.41, 5.74) is 0.415. The molecule has 0 aliphatic rings. The van der Waals surface area contributed by atoms with Crippen molar-refractivity contribution >= 4 is 26.9 Å². The SMILES string of the molecule is Cc1noc2ncc(S(=O)(=O)Oc3cccc([N+](=O)[O-])c3)cc12. The number of fused-ring (bicyclic) bond motifs is 1. The molecule has 3 aromatic rings. The van der Waals surface area contributed by atoms with Gasteiger partial charge in [0.25, 0.3) is 11.4 Å². The minimum Gasteiger partial charge on any atom is -0.379 e. The number of benzene rings is 1. The Hall–Kier alpha value is -3.01. The number of nitro benzene ring substituents is 1. The molecule has 0 fully saturated rings. The second-order valence-electron chi connectivity index (χ2n) is 4.58. The van der Waals surface area contributed by atoms with Crippen LogP contribution in [-0.4, -0.2) is 23.5 Å². The van der Waals surface area contributed by atoms with Gasteiger partial charge in [0.15, 0.2) is 0 Å². The highest BCUT2D eigenvalue weighted by Gasteiger charge is 2.20. The Bertz CT molecular complexity index is 1010. The number of aryl methyl sites for hydroxylation is 1. The third kappa shape index (κ3) is 2.83. The molecule has 0 unspecified atom stereocenters. The van der Waals surface area contributed by atoms with Crippen molar-refractivity contribution in [3.63, 3.8) is 0 Å². The first-order valence-electron chi connectivity index (χ1n) is 6.28. The lowest BCUT2D eigenvalue weighted by Gasteiger charge is -2.06. The van der Waals surface area contributed by atoms with Gasteiger partial charge in [0.2, 0.25) is 0 Å². The summed E-state index contributed by atoms with van der Waals surface area (Å²) in [7, 11) is -4.20. The Morgan fingerprint density at radius 1 is 1.30 bits per heavy atom. The molecule has 0 aliphatic carbocycles. The molecule has 118 valence electrons. The molecule has 23 heavy (non-hydrogen) atoms. The maximum absolute atomic E-state index is 12.3. The fraction of sp³-hybridized carbons (Fsp3) is 0.0769. The van der Waals surface area contributed by atoms with E-state index in [0.717, 1.165) is 12.3 Å². The number of aromatic nitrogens is 2. The van der Waals surface area contributed by atoms with Crippen LogP contribution in [0, 0.1) is 17.0 Å². The van der Waals surface area contributed by atoms with Gasteiger partial charge in [0, 0.05) is 6.07 Å². The number of hydrogen-bond acceptors (Lipinski definition) is 8. The first kappa shape index (κ1) is 14.9. The van der Waals surface area contributed by atoms with Crippen LogP contribution in [-0.2, 0) is 10.1 Å². The second kappa shape index (κ2) is 5.32. The van der Waals surface area contributed by atoms with Crippen LogP contribution < -0.4 is 4.18 Å². The Balaban J connectivity index is 1.98. The van der Waals surface area contributed by atoms with Gasteiger partial charge >= 0.3 is 10.1 Å². The molecule has 0 atom stereocenters. The summed E-state index contributed by atoms with van der Waals surface area (Å²) in [6.45, 7) is 1.64. The molecule has 2 aromatic heterocycles. The lowest BCUT2D eigenvalue weighted by atomic mass is 10.3. The van der Waals surface area contributed by atoms with E-state index in [-0.39, 0.29) is 22.0 Å². The Morgan fingerprint density at radius 2 is 2.09 bits per heavy atom. The Morgan fingerprint density at radius 3 is 2.83 bits per heavy atom. The molecule has 1 aromatic carbocycles. The minimum absolute atomic E-state index is 0.165. The van der Waals surface area contributed by atoms with Crippen LogP contribution in [0.5, 0.6) is 5.75 Å². The summed E-state index contributed by atoms with van der Waals surface area (Å²) in [5.74, 6) is -0.165. The molecule has 0 amide bonds. The third-order valence-corrected chi connectivity index (χ3v) is 4.22. The Kier molecular flexibility index (Phi) is 3.45. The van der Waals surface area contributed by atoms with E-state index < -0.39 is 15.0 Å². The molecule has 0 saturated carbocycles. The van der Waals surface area contributed by atoms with Crippen LogP contribution in [0.1, 0.15) is 5.69 Å². The molecular weight excluding hydrogens is 326 g/mol. The van der Waals surface area contributed by atoms with Crippen molar-refractivity contribution in [3.05, 3.63) is 52.3 Å². The first-order chi connectivity index (χ1) is 10.9. The van der Waals surface area contributed by atoms with Crippen molar-refractivity contribution in [3.8, 4) is 5.75 Å². The molecule has 2 heterocycles. The van der Waals surface area contributed by atoms with Crippen LogP contribution >= 0.6 is 0 Å². The van der Waals surface area contributed by atoms with Gasteiger partial charge in [0.1, 0.15) is 10.6 Å². The van der Waals surface area contributed by atoms with Gasteiger partial charge in [-0.2, -0.15) is 8.42 Å². The van der Waals surface area contributed by atoms with E-state index >= 15 is 0 Å². The van der Waals surface area contributed by atoms with Gasteiger partial charge in [-0.3, -0.25) is 10.1 Å². The number of rotatable bonds is 4. The van der Waals surface area contributed by atoms with Crippen LogP contribution in [0.4, 0.5) is 5.69 Å². The van der Waals surface area contributed by atoms with E-state index in [1.807, 2.05) is 0 Å². The summed E-state index contributed by atoms with van der Waals surface area (Å²) in [6, 6.07) is 6.21. The average Bonchev–Trinajstić information content (AvgIpc) is 2.88. The highest BCUT2D eigenvalue weighted by atomic mass is 32.2. The molecular formula is C13H9N3O6S. The molecule has 0 saturated heterocycles. The summed E-state index contributed by atoms with van der Waals surface area (Å²) < 4.78 is 34.4. The van der Waals surface area contributed by atoms with Crippen molar-refractivity contribution in [2.75, 3.05) is 0 Å². The zero-order valence-corrected chi connectivity index (χ0v) is 12.5. The predicted octanol–water partition coefficient (Wildman–Crippen LogP) is 2.21. The van der Waals surface area contributed by atoms with Crippen molar-refractivity contribution < 1.29 is 22.0 Å². The zero-order chi connectivity index (χ0) is 16.6. The number of hydrogen-bond donors (Lipinski definition) is 0. The van der Waals surface area contributed by atoms with E-state index in [1.165, 1.54) is 24.3 Å². The molecule has 0 bridgehead atoms. The van der Waals surface area contributed by atoms with Gasteiger partial charge in [-0.15, -0.1) is 0 Å². The monoisotopic (exact) mass is 335 g/mol. The maximum atomic E-state index is 12.3. The number of nitrogens with zero attached hydrogens (tertiary/aromatic N) is 3. The summed E-state index contributed by atoms with van der Waals surface area (Å²) in [4.78, 5) is 13.7. The molecule has 3 rings (SSSR count). The lowest BCUT2D eigenvalue weighted by molar-refractivity contribution is -0.384. The summed E-state index contributed by atoms with van der Waals surface area (Å²) in [5, 5.41) is 14.8. The zero-order valence-electron chi connectivity index (χ0n) is 11.7. The van der Waals surface area contributed by atoms with Crippen molar-refractivity contribution in [1.82, 2.24) is 10.1 Å². The second-order valence-corrected chi connectivity index (χ2v) is 6.13. The fourth-order valence-electron chi connectivity index (χ4n) is 1.89. The van der Waals surface area contributed by atoms with Gasteiger partial charge in [-0.05, 0) is 19.1 Å². The summed E-state index contributed by atoms with van der Waals surface area (Å²) in [6.07, 6.45) is 1.07. The molecule has 10 heteroatoms. The van der Waals surface area contributed by atoms with E-state index in [2.05, 4.69) is 10.1 Å². The van der Waals surface area contributed by atoms with Gasteiger partial charge in [-0.25, -0.2) is 4.98 Å². The van der Waals surface area contributed by atoms with E-state index in [0.29, 0.717) is 11.1 Å². The smallest absolute Gasteiger partial charge is 0.340 e. The van der Waals surface area contributed by atoms with Crippen molar-refractivity contribution in [2.24, 2.45) is 0 Å². The average molecular weight is 335 g/mol. The van der Waals surface area contributed by atoms with E-state index in [4.69, 9.17) is 8.71 Å². The maximum Gasteiger partial charge on any atom is 0.340 e. The van der Waals surface area contributed by atoms with Crippen LogP contribution in [0.3, 0.4) is 0 Å². The normalized spacial score (nSPS) is 11.5. The Labute approximate surface area is 129 Å². The van der Waals surface area contributed by atoms with Gasteiger partial charge < -0.3 is 8.71 Å². The lowest BCUT2D eigenvalue weighted by Crippen LogP contribution is -2.10. The highest BCUT2D eigenvalue weighted by molar-refractivity contribution is 7.87. The predicted molar refractivity (Wildman–Crippen MR) is 77.5 cm³/mol. The van der Waals surface area contributed by atoms with Gasteiger partial charge in [-0.1, -0.05) is 11.2 Å². The van der Waals surface area contributed by atoms with Crippen LogP contribution in [0.25, 0.3) is 11.1 Å². The molecule has 0 spiro atoms. The van der Waals surface area contributed by atoms with Crippen molar-refractivity contribution in [2.45, 2.75) is 11.8 Å². The standard InChI is InChI=1S/C13H9N3O6S/c1-8-12-6-11(7-14-13(12)21-15-8)23(19,20)22-10-4-2-3-9(5-10)16(17)18/h2-7H,1H3. The van der Waals surface area contributed by atoms with Crippen molar-refractivity contribution in [1.29, 1.82) is 0 Å². The van der Waals surface area contributed by atoms with E-state index in [1.54, 1.807) is 6.92 Å². The molecule has 0 N–H and O–H groups in total. The molecule has 9 nitrogen and oxygen atoms in total. The quantitative estimate of drug-likeness (QED) is 0.403. The molecule has 0 aliphatic heterocycles. The van der Waals surface area contributed by atoms with Crippen LogP contribution in [0.2, 0.25) is 0 Å². The summed E-state index contributed by atoms with van der Waals surface area (Å²) >= 11 is 0. The third-order valence-electron chi connectivity index (χ3n) is 3.01. The topological polar surface area (TPSA) is 125 Å².